The minimum atomic E-state index is -0.407. The molecule has 0 spiro atoms. The van der Waals surface area contributed by atoms with Gasteiger partial charge in [0.15, 0.2) is 0 Å². The molecule has 1 aliphatic rings. The van der Waals surface area contributed by atoms with E-state index in [-0.39, 0.29) is 5.91 Å². The van der Waals surface area contributed by atoms with E-state index in [1.54, 1.807) is 37.4 Å². The van der Waals surface area contributed by atoms with Gasteiger partial charge in [0, 0.05) is 16.8 Å². The number of nitrogens with zero attached hydrogens (tertiary/aromatic N) is 1. The number of halogens is 1. The molecule has 0 bridgehead atoms. The molecule has 7 heteroatoms. The summed E-state index contributed by atoms with van der Waals surface area (Å²) in [5.74, 6) is 1.08. The maximum absolute atomic E-state index is 12.8. The molecular weight excluding hydrogens is 342 g/mol. The molecule has 6 nitrogen and oxygen atoms in total. The SMILES string of the molecule is COc1ccc(Cl)cc1NC(=O)C(C)N1CCOc2cc(N)ccc21. The fraction of sp³-hybridized carbons (Fsp3) is 0.278. The fourth-order valence-electron chi connectivity index (χ4n) is 2.82. The Kier molecular flexibility index (Phi) is 4.90. The number of rotatable bonds is 4. The summed E-state index contributed by atoms with van der Waals surface area (Å²) in [5, 5.41) is 3.41. The molecule has 1 amide bonds. The zero-order valence-electron chi connectivity index (χ0n) is 14.1. The van der Waals surface area contributed by atoms with Crippen LogP contribution in [0.15, 0.2) is 36.4 Å². The number of hydrogen-bond donors (Lipinski definition) is 2. The topological polar surface area (TPSA) is 76.8 Å². The summed E-state index contributed by atoms with van der Waals surface area (Å²) in [4.78, 5) is 14.7. The number of fused-ring (bicyclic) bond motifs is 1. The van der Waals surface area contributed by atoms with Crippen LogP contribution in [0, 0.1) is 0 Å². The third-order valence-electron chi connectivity index (χ3n) is 4.15. The van der Waals surface area contributed by atoms with Crippen LogP contribution in [-0.4, -0.2) is 32.2 Å². The molecule has 25 heavy (non-hydrogen) atoms. The molecule has 3 N–H and O–H groups in total. The maximum atomic E-state index is 12.8. The van der Waals surface area contributed by atoms with Crippen LogP contribution in [-0.2, 0) is 4.79 Å². The summed E-state index contributed by atoms with van der Waals surface area (Å²) >= 11 is 6.02. The van der Waals surface area contributed by atoms with Crippen LogP contribution in [0.5, 0.6) is 11.5 Å². The van der Waals surface area contributed by atoms with Crippen LogP contribution in [0.25, 0.3) is 0 Å². The zero-order valence-corrected chi connectivity index (χ0v) is 14.8. The van der Waals surface area contributed by atoms with Crippen LogP contribution in [0.3, 0.4) is 0 Å². The lowest BCUT2D eigenvalue weighted by atomic mass is 10.1. The van der Waals surface area contributed by atoms with E-state index in [0.717, 1.165) is 5.69 Å². The molecule has 0 radical (unpaired) electrons. The van der Waals surface area contributed by atoms with Crippen LogP contribution < -0.4 is 25.4 Å². The number of carbonyl (C=O) groups excluding carboxylic acids is 1. The summed E-state index contributed by atoms with van der Waals surface area (Å²) in [6.45, 7) is 2.95. The first-order chi connectivity index (χ1) is 12.0. The predicted molar refractivity (Wildman–Crippen MR) is 99.8 cm³/mol. The van der Waals surface area contributed by atoms with Crippen molar-refractivity contribution in [1.82, 2.24) is 0 Å². The number of nitrogens with two attached hydrogens (primary N) is 1. The summed E-state index contributed by atoms with van der Waals surface area (Å²) in [5.41, 5.74) is 7.82. The molecule has 1 unspecified atom stereocenters. The van der Waals surface area contributed by atoms with Gasteiger partial charge in [0.05, 0.1) is 25.0 Å². The number of nitrogen functional groups attached to an aromatic ring is 1. The van der Waals surface area contributed by atoms with Gasteiger partial charge in [-0.15, -0.1) is 0 Å². The lowest BCUT2D eigenvalue weighted by Crippen LogP contribution is -2.46. The van der Waals surface area contributed by atoms with E-state index >= 15 is 0 Å². The first kappa shape index (κ1) is 17.2. The zero-order chi connectivity index (χ0) is 18.0. The van der Waals surface area contributed by atoms with Crippen molar-refractivity contribution in [3.05, 3.63) is 41.4 Å². The van der Waals surface area contributed by atoms with Crippen molar-refractivity contribution in [3.63, 3.8) is 0 Å². The quantitative estimate of drug-likeness (QED) is 0.818. The van der Waals surface area contributed by atoms with Crippen LogP contribution in [0.1, 0.15) is 6.92 Å². The maximum Gasteiger partial charge on any atom is 0.246 e. The number of nitrogens with one attached hydrogen (secondary N) is 1. The van der Waals surface area contributed by atoms with Gasteiger partial charge in [-0.2, -0.15) is 0 Å². The van der Waals surface area contributed by atoms with Gasteiger partial charge in [-0.1, -0.05) is 11.6 Å². The smallest absolute Gasteiger partial charge is 0.246 e. The standard InChI is InChI=1S/C18H20ClN3O3/c1-11(18(23)21-14-9-12(19)3-6-16(14)24-2)22-7-8-25-17-10-13(20)4-5-15(17)22/h3-6,9-11H,7-8,20H2,1-2H3,(H,21,23). The number of amides is 1. The largest absolute Gasteiger partial charge is 0.495 e. The van der Waals surface area contributed by atoms with Gasteiger partial charge in [0.1, 0.15) is 24.1 Å². The summed E-state index contributed by atoms with van der Waals surface area (Å²) in [6.07, 6.45) is 0. The summed E-state index contributed by atoms with van der Waals surface area (Å²) in [7, 11) is 1.55. The number of methoxy groups -OCH3 is 1. The van der Waals surface area contributed by atoms with E-state index < -0.39 is 6.04 Å². The predicted octanol–water partition coefficient (Wildman–Crippen LogP) is 3.16. The minimum absolute atomic E-state index is 0.162. The van der Waals surface area contributed by atoms with Crippen molar-refractivity contribution >= 4 is 34.6 Å². The minimum Gasteiger partial charge on any atom is -0.495 e. The fourth-order valence-corrected chi connectivity index (χ4v) is 2.99. The Hall–Kier alpha value is -2.60. The van der Waals surface area contributed by atoms with Crippen LogP contribution in [0.4, 0.5) is 17.1 Å². The number of anilines is 3. The van der Waals surface area contributed by atoms with Gasteiger partial charge in [0.2, 0.25) is 5.91 Å². The molecule has 0 saturated carbocycles. The van der Waals surface area contributed by atoms with E-state index in [1.165, 1.54) is 0 Å². The lowest BCUT2D eigenvalue weighted by Gasteiger charge is -2.35. The summed E-state index contributed by atoms with van der Waals surface area (Å²) in [6, 6.07) is 10.1. The molecule has 3 rings (SSSR count). The van der Waals surface area contributed by atoms with Gasteiger partial charge in [-0.3, -0.25) is 4.79 Å². The Morgan fingerprint density at radius 1 is 1.36 bits per heavy atom. The van der Waals surface area contributed by atoms with E-state index in [2.05, 4.69) is 5.32 Å². The molecule has 1 aliphatic heterocycles. The van der Waals surface area contributed by atoms with Crippen molar-refractivity contribution in [2.24, 2.45) is 0 Å². The third-order valence-corrected chi connectivity index (χ3v) is 4.38. The molecule has 0 aliphatic carbocycles. The monoisotopic (exact) mass is 361 g/mol. The van der Waals surface area contributed by atoms with Gasteiger partial charge >= 0.3 is 0 Å². The Morgan fingerprint density at radius 3 is 2.92 bits per heavy atom. The molecule has 0 aromatic heterocycles. The third kappa shape index (κ3) is 3.58. The average molecular weight is 362 g/mol. The highest BCUT2D eigenvalue weighted by Crippen LogP contribution is 2.35. The molecule has 1 atom stereocenters. The first-order valence-corrected chi connectivity index (χ1v) is 8.31. The Bertz CT molecular complexity index is 797. The van der Waals surface area contributed by atoms with Crippen LogP contribution in [0.2, 0.25) is 5.02 Å². The van der Waals surface area contributed by atoms with Crippen molar-refractivity contribution in [2.45, 2.75) is 13.0 Å². The molecular formula is C18H20ClN3O3. The number of hydrogen-bond acceptors (Lipinski definition) is 5. The van der Waals surface area contributed by atoms with E-state index in [9.17, 15) is 4.79 Å². The van der Waals surface area contributed by atoms with Crippen molar-refractivity contribution in [3.8, 4) is 11.5 Å². The van der Waals surface area contributed by atoms with Crippen LogP contribution >= 0.6 is 11.6 Å². The average Bonchev–Trinajstić information content (AvgIpc) is 2.60. The Balaban J connectivity index is 1.81. The molecule has 0 saturated heterocycles. The second-order valence-electron chi connectivity index (χ2n) is 5.78. The van der Waals surface area contributed by atoms with Gasteiger partial charge < -0.3 is 25.4 Å². The highest BCUT2D eigenvalue weighted by molar-refractivity contribution is 6.31. The van der Waals surface area contributed by atoms with Gasteiger partial charge in [-0.25, -0.2) is 0 Å². The van der Waals surface area contributed by atoms with Crippen molar-refractivity contribution in [2.75, 3.05) is 36.2 Å². The van der Waals surface area contributed by atoms with E-state index in [1.807, 2.05) is 17.9 Å². The Morgan fingerprint density at radius 2 is 2.16 bits per heavy atom. The van der Waals surface area contributed by atoms with Gasteiger partial charge in [0.25, 0.3) is 0 Å². The highest BCUT2D eigenvalue weighted by atomic mass is 35.5. The lowest BCUT2D eigenvalue weighted by molar-refractivity contribution is -0.117. The summed E-state index contributed by atoms with van der Waals surface area (Å²) < 4.78 is 10.9. The normalized spacial score (nSPS) is 14.3. The molecule has 1 heterocycles. The second-order valence-corrected chi connectivity index (χ2v) is 6.22. The first-order valence-electron chi connectivity index (χ1n) is 7.93. The van der Waals surface area contributed by atoms with Gasteiger partial charge in [-0.05, 0) is 37.3 Å². The molecule has 0 fully saturated rings. The number of benzene rings is 2. The Labute approximate surface area is 151 Å². The number of carbonyl (C=O) groups is 1. The second kappa shape index (κ2) is 7.11. The van der Waals surface area contributed by atoms with Crippen molar-refractivity contribution in [1.29, 1.82) is 0 Å². The molecule has 2 aromatic carbocycles. The molecule has 2 aromatic rings. The molecule has 132 valence electrons. The highest BCUT2D eigenvalue weighted by Gasteiger charge is 2.27. The number of ether oxygens (including phenoxy) is 2. The van der Waals surface area contributed by atoms with Crippen molar-refractivity contribution < 1.29 is 14.3 Å². The van der Waals surface area contributed by atoms with E-state index in [0.29, 0.717) is 41.0 Å². The van der Waals surface area contributed by atoms with E-state index in [4.69, 9.17) is 26.8 Å².